The highest BCUT2D eigenvalue weighted by Gasteiger charge is 2.19. The zero-order valence-corrected chi connectivity index (χ0v) is 26.3. The number of rotatable bonds is 10. The van der Waals surface area contributed by atoms with Crippen molar-refractivity contribution in [3.63, 3.8) is 0 Å². The van der Waals surface area contributed by atoms with Crippen LogP contribution in [-0.4, -0.2) is 23.7 Å². The summed E-state index contributed by atoms with van der Waals surface area (Å²) in [5.74, 6) is 2.08. The number of benzene rings is 2. The first-order valence-corrected chi connectivity index (χ1v) is 15.9. The van der Waals surface area contributed by atoms with E-state index in [1.165, 1.54) is 42.4 Å². The number of hydrogen-bond donors (Lipinski definition) is 2. The lowest BCUT2D eigenvalue weighted by molar-refractivity contribution is 0.723. The van der Waals surface area contributed by atoms with E-state index >= 15 is 0 Å². The van der Waals surface area contributed by atoms with Crippen molar-refractivity contribution in [3.8, 4) is 0 Å². The van der Waals surface area contributed by atoms with Gasteiger partial charge in [-0.3, -0.25) is 4.99 Å². The Morgan fingerprint density at radius 1 is 1.00 bits per heavy atom. The fourth-order valence-electron chi connectivity index (χ4n) is 5.93. The molecule has 0 amide bonds. The van der Waals surface area contributed by atoms with Gasteiger partial charge in [0, 0.05) is 24.0 Å². The summed E-state index contributed by atoms with van der Waals surface area (Å²) in [6, 6.07) is 25.1. The molecule has 6 nitrogen and oxygen atoms in total. The Morgan fingerprint density at radius 3 is 2.42 bits per heavy atom. The maximum atomic E-state index is 6.19. The third kappa shape index (κ3) is 8.22. The molecule has 230 valence electrons. The molecule has 0 atom stereocenters. The van der Waals surface area contributed by atoms with Crippen LogP contribution >= 0.6 is 0 Å². The van der Waals surface area contributed by atoms with Crippen molar-refractivity contribution in [3.05, 3.63) is 132 Å². The third-order valence-corrected chi connectivity index (χ3v) is 8.45. The Bertz CT molecular complexity index is 1630. The van der Waals surface area contributed by atoms with E-state index in [2.05, 4.69) is 100 Å². The van der Waals surface area contributed by atoms with Gasteiger partial charge in [-0.15, -0.1) is 0 Å². The molecule has 1 saturated carbocycles. The zero-order chi connectivity index (χ0) is 31.4. The van der Waals surface area contributed by atoms with E-state index in [4.69, 9.17) is 10.7 Å². The Balaban J connectivity index is 0.000000256. The van der Waals surface area contributed by atoms with Crippen LogP contribution in [0.3, 0.4) is 0 Å². The Labute approximate surface area is 268 Å². The van der Waals surface area contributed by atoms with Gasteiger partial charge in [0.15, 0.2) is 5.82 Å². The van der Waals surface area contributed by atoms with Gasteiger partial charge in [-0.05, 0) is 98.0 Å². The van der Waals surface area contributed by atoms with Crippen molar-refractivity contribution >= 4 is 41.4 Å². The van der Waals surface area contributed by atoms with Crippen molar-refractivity contribution in [1.29, 1.82) is 0 Å². The molecular weight excluding hydrogens is 552 g/mol. The predicted octanol–water partition coefficient (Wildman–Crippen LogP) is 9.17. The first-order chi connectivity index (χ1) is 22.1. The van der Waals surface area contributed by atoms with Gasteiger partial charge in [-0.25, -0.2) is 9.97 Å². The molecule has 0 radical (unpaired) electrons. The molecule has 6 rings (SSSR count). The van der Waals surface area contributed by atoms with Gasteiger partial charge >= 0.3 is 0 Å². The van der Waals surface area contributed by atoms with E-state index in [0.717, 1.165) is 59.3 Å². The van der Waals surface area contributed by atoms with Gasteiger partial charge in [0.2, 0.25) is 0 Å². The summed E-state index contributed by atoms with van der Waals surface area (Å²) in [6.45, 7) is 8.86. The topological polar surface area (TPSA) is 79.4 Å². The molecule has 2 aliphatic carbocycles. The normalized spacial score (nSPS) is 14.3. The molecule has 6 heteroatoms. The molecule has 0 saturated heterocycles. The number of nitrogens with zero attached hydrogens (tertiary/aromatic N) is 4. The smallest absolute Gasteiger partial charge is 0.159 e. The average Bonchev–Trinajstić information content (AvgIpc) is 3.64. The first-order valence-electron chi connectivity index (χ1n) is 15.9. The largest absolute Gasteiger partial charge is 0.383 e. The van der Waals surface area contributed by atoms with Gasteiger partial charge in [0.05, 0.1) is 12.2 Å². The molecule has 2 aromatic carbocycles. The molecular formula is C39H44N6. The molecule has 0 spiro atoms. The van der Waals surface area contributed by atoms with Gasteiger partial charge < -0.3 is 16.0 Å². The first kappa shape index (κ1) is 31.6. The number of aliphatic imine (C=N–C) groups is 1. The van der Waals surface area contributed by atoms with Crippen LogP contribution < -0.4 is 16.0 Å². The lowest BCUT2D eigenvalue weighted by Gasteiger charge is -2.26. The molecule has 2 heterocycles. The van der Waals surface area contributed by atoms with Crippen LogP contribution in [-0.2, 0) is 13.1 Å². The second-order valence-electron chi connectivity index (χ2n) is 11.5. The van der Waals surface area contributed by atoms with Crippen LogP contribution in [0.15, 0.2) is 109 Å². The van der Waals surface area contributed by atoms with Gasteiger partial charge in [-0.2, -0.15) is 0 Å². The highest BCUT2D eigenvalue weighted by molar-refractivity contribution is 5.78. The van der Waals surface area contributed by atoms with Crippen molar-refractivity contribution in [2.24, 2.45) is 4.99 Å². The summed E-state index contributed by atoms with van der Waals surface area (Å²) in [4.78, 5) is 15.7. The van der Waals surface area contributed by atoms with E-state index in [1.807, 2.05) is 37.4 Å². The van der Waals surface area contributed by atoms with E-state index in [9.17, 15) is 0 Å². The van der Waals surface area contributed by atoms with Crippen LogP contribution in [0.5, 0.6) is 0 Å². The number of nitrogens with two attached hydrogens (primary N) is 1. The van der Waals surface area contributed by atoms with E-state index in [0.29, 0.717) is 12.4 Å². The number of aromatic nitrogens is 2. The predicted molar refractivity (Wildman–Crippen MR) is 191 cm³/mol. The van der Waals surface area contributed by atoms with Crippen molar-refractivity contribution in [1.82, 2.24) is 15.3 Å². The fourth-order valence-corrected chi connectivity index (χ4v) is 5.93. The lowest BCUT2D eigenvalue weighted by Crippen LogP contribution is -2.19. The van der Waals surface area contributed by atoms with E-state index < -0.39 is 0 Å². The second-order valence-corrected chi connectivity index (χ2v) is 11.5. The van der Waals surface area contributed by atoms with Crippen LogP contribution in [0, 0.1) is 0 Å². The quantitative estimate of drug-likeness (QED) is 0.178. The molecule has 3 N–H and O–H groups in total. The Hall–Kier alpha value is -4.81. The second kappa shape index (κ2) is 15.8. The number of hydrogen-bond acceptors (Lipinski definition) is 6. The van der Waals surface area contributed by atoms with Crippen molar-refractivity contribution in [2.45, 2.75) is 57.5 Å². The summed E-state index contributed by atoms with van der Waals surface area (Å²) in [6.07, 6.45) is 17.8. The number of nitrogens with one attached hydrogen (secondary N) is 1. The number of nitrogen functional groups attached to an aromatic ring is 1. The van der Waals surface area contributed by atoms with E-state index in [-0.39, 0.29) is 0 Å². The Kier molecular flexibility index (Phi) is 11.1. The van der Waals surface area contributed by atoms with Gasteiger partial charge in [0.1, 0.15) is 11.5 Å². The van der Waals surface area contributed by atoms with Crippen LogP contribution in [0.2, 0.25) is 0 Å². The monoisotopic (exact) mass is 596 g/mol. The highest BCUT2D eigenvalue weighted by atomic mass is 15.2. The SMILES string of the molecule is C=Cc1ccc(C2CCCC2)cc1.C=Nc1ccc(C2=CCCC=C2)nc1N(Cc1cccnc1N)c1ccc(CNC)cc1. The van der Waals surface area contributed by atoms with Crippen LogP contribution in [0.1, 0.15) is 72.4 Å². The summed E-state index contributed by atoms with van der Waals surface area (Å²) < 4.78 is 0. The molecule has 0 aliphatic heterocycles. The molecule has 0 bridgehead atoms. The lowest BCUT2D eigenvalue weighted by atomic mass is 9.97. The summed E-state index contributed by atoms with van der Waals surface area (Å²) >= 11 is 0. The van der Waals surface area contributed by atoms with Gasteiger partial charge in [0.25, 0.3) is 0 Å². The van der Waals surface area contributed by atoms with Crippen molar-refractivity contribution in [2.75, 3.05) is 17.7 Å². The minimum absolute atomic E-state index is 0.506. The highest BCUT2D eigenvalue weighted by Crippen LogP contribution is 2.36. The molecule has 1 fully saturated rings. The third-order valence-electron chi connectivity index (χ3n) is 8.45. The summed E-state index contributed by atoms with van der Waals surface area (Å²) in [7, 11) is 1.94. The number of allylic oxidation sites excluding steroid dienone is 4. The standard InChI is InChI=1S/C26H28N6.C13H16/c1-28-17-19-10-12-22(13-11-19)32(18-21-9-6-16-30-25(21)27)26-24(29-2)15-14-23(31-26)20-7-4-3-5-8-20;1-2-11-7-9-13(10-8-11)12-5-3-4-6-12/h4,6-16,28H,2-3,5,17-18H2,1H3,(H2,27,30);2,7-10,12H,1,3-6H2. The molecule has 45 heavy (non-hydrogen) atoms. The minimum Gasteiger partial charge on any atom is -0.383 e. The van der Waals surface area contributed by atoms with Crippen LogP contribution in [0.4, 0.5) is 23.0 Å². The molecule has 4 aromatic rings. The maximum Gasteiger partial charge on any atom is 0.159 e. The average molecular weight is 597 g/mol. The number of anilines is 3. The minimum atomic E-state index is 0.506. The number of pyridine rings is 2. The van der Waals surface area contributed by atoms with Crippen molar-refractivity contribution < 1.29 is 0 Å². The molecule has 2 aliphatic rings. The summed E-state index contributed by atoms with van der Waals surface area (Å²) in [5.41, 5.74) is 14.8. The Morgan fingerprint density at radius 2 is 1.78 bits per heavy atom. The fraction of sp³-hybridized carbons (Fsp3) is 0.256. The van der Waals surface area contributed by atoms with E-state index in [1.54, 1.807) is 6.20 Å². The summed E-state index contributed by atoms with van der Waals surface area (Å²) in [5, 5.41) is 3.19. The maximum absolute atomic E-state index is 6.19. The van der Waals surface area contributed by atoms with Gasteiger partial charge in [-0.1, -0.05) is 86.2 Å². The zero-order valence-electron chi connectivity index (χ0n) is 26.3. The van der Waals surface area contributed by atoms with Crippen LogP contribution in [0.25, 0.3) is 11.6 Å². The molecule has 0 unspecified atom stereocenters. The molecule has 2 aromatic heterocycles.